The molecule has 1 aromatic heterocycles. The van der Waals surface area contributed by atoms with Gasteiger partial charge in [0, 0.05) is 0 Å². The van der Waals surface area contributed by atoms with E-state index in [0.29, 0.717) is 0 Å². The van der Waals surface area contributed by atoms with E-state index in [0.717, 1.165) is 25.9 Å². The highest BCUT2D eigenvalue weighted by atomic mass is 16.5. The van der Waals surface area contributed by atoms with E-state index in [9.17, 15) is 4.91 Å². The van der Waals surface area contributed by atoms with Crippen LogP contribution in [0.4, 0.5) is 5.88 Å². The van der Waals surface area contributed by atoms with Crippen LogP contribution < -0.4 is 9.80 Å². The number of hydrogen-bond acceptors (Lipinski definition) is 5. The van der Waals surface area contributed by atoms with Gasteiger partial charge >= 0.3 is 0 Å². The van der Waals surface area contributed by atoms with E-state index in [2.05, 4.69) is 16.0 Å². The van der Waals surface area contributed by atoms with Gasteiger partial charge in [-0.2, -0.15) is 9.92 Å². The number of nitrogens with zero attached hydrogens (tertiary/aromatic N) is 5. The summed E-state index contributed by atoms with van der Waals surface area (Å²) in [5.41, 5.74) is 3.19. The van der Waals surface area contributed by atoms with Crippen molar-refractivity contribution in [2.24, 2.45) is 5.29 Å². The fraction of sp³-hybridized carbons (Fsp3) is 0.667. The Labute approximate surface area is 74.2 Å². The predicted molar refractivity (Wildman–Crippen MR) is 42.7 cm³/mol. The largest absolute Gasteiger partial charge is 0.498 e. The van der Waals surface area contributed by atoms with Gasteiger partial charge in [0.2, 0.25) is 5.27 Å². The molecule has 70 valence electrons. The lowest BCUT2D eigenvalue weighted by Gasteiger charge is -2.02. The molecular weight excluding hydrogens is 174 g/mol. The minimum atomic E-state index is 0.127. The van der Waals surface area contributed by atoms with Crippen molar-refractivity contribution in [2.75, 3.05) is 18.1 Å². The van der Waals surface area contributed by atoms with Crippen LogP contribution in [-0.4, -0.2) is 18.4 Å². The van der Waals surface area contributed by atoms with Crippen molar-refractivity contribution >= 4 is 5.88 Å². The number of rotatable bonds is 3. The minimum Gasteiger partial charge on any atom is -0.498 e. The van der Waals surface area contributed by atoms with Crippen LogP contribution in [0.3, 0.4) is 0 Å². The highest BCUT2D eigenvalue weighted by molar-refractivity contribution is 5.28. The second-order valence-corrected chi connectivity index (χ2v) is 2.80. The van der Waals surface area contributed by atoms with Crippen molar-refractivity contribution in [3.63, 3.8) is 0 Å². The Balaban J connectivity index is 2.07. The molecule has 0 spiro atoms. The average Bonchev–Trinajstić information content (AvgIpc) is 2.70. The molecule has 1 aliphatic rings. The summed E-state index contributed by atoms with van der Waals surface area (Å²) in [7, 11) is 0. The van der Waals surface area contributed by atoms with Crippen LogP contribution in [0, 0.1) is 4.91 Å². The second kappa shape index (κ2) is 3.38. The molecule has 0 bridgehead atoms. The van der Waals surface area contributed by atoms with Gasteiger partial charge in [-0.25, -0.2) is 0 Å². The Hall–Kier alpha value is -1.66. The van der Waals surface area contributed by atoms with E-state index in [1.165, 1.54) is 6.20 Å². The SMILES string of the molecule is O=N[N-]c1c[n+](N2CCCC2)no1. The first-order valence-electron chi connectivity index (χ1n) is 4.07. The molecule has 2 rings (SSSR count). The van der Waals surface area contributed by atoms with E-state index in [4.69, 9.17) is 4.52 Å². The van der Waals surface area contributed by atoms with E-state index in [1.54, 1.807) is 4.79 Å². The maximum absolute atomic E-state index is 9.78. The smallest absolute Gasteiger partial charge is 0.258 e. The van der Waals surface area contributed by atoms with Crippen LogP contribution in [-0.2, 0) is 0 Å². The predicted octanol–water partition coefficient (Wildman–Crippen LogP) is 0.380. The summed E-state index contributed by atoms with van der Waals surface area (Å²) >= 11 is 0. The summed E-state index contributed by atoms with van der Waals surface area (Å²) in [6, 6.07) is 0. The lowest BCUT2D eigenvalue weighted by Crippen LogP contribution is -2.57. The average molecular weight is 183 g/mol. The molecule has 7 heteroatoms. The van der Waals surface area contributed by atoms with Gasteiger partial charge < -0.3 is 9.95 Å². The van der Waals surface area contributed by atoms with Crippen LogP contribution >= 0.6 is 0 Å². The highest BCUT2D eigenvalue weighted by Crippen LogP contribution is 2.13. The van der Waals surface area contributed by atoms with Crippen molar-refractivity contribution in [2.45, 2.75) is 12.8 Å². The van der Waals surface area contributed by atoms with Crippen LogP contribution in [0.5, 0.6) is 0 Å². The molecule has 0 unspecified atom stereocenters. The van der Waals surface area contributed by atoms with Crippen LogP contribution in [0.2, 0.25) is 0 Å². The van der Waals surface area contributed by atoms with E-state index in [-0.39, 0.29) is 5.88 Å². The zero-order chi connectivity index (χ0) is 9.10. The molecule has 0 saturated carbocycles. The van der Waals surface area contributed by atoms with E-state index < -0.39 is 0 Å². The topological polar surface area (TPSA) is 76.7 Å². The Bertz CT molecular complexity index is 293. The van der Waals surface area contributed by atoms with Crippen molar-refractivity contribution in [3.05, 3.63) is 16.5 Å². The molecule has 1 fully saturated rings. The standard InChI is InChI=1S/C6H9N5O2/c12-8-7-6-5-11(9-13-6)10-3-1-2-4-10/h5H,1-4H2. The van der Waals surface area contributed by atoms with Crippen LogP contribution in [0.15, 0.2) is 16.0 Å². The summed E-state index contributed by atoms with van der Waals surface area (Å²) in [5, 5.41) is 8.05. The minimum absolute atomic E-state index is 0.127. The van der Waals surface area contributed by atoms with Crippen molar-refractivity contribution in [1.29, 1.82) is 0 Å². The molecule has 13 heavy (non-hydrogen) atoms. The summed E-state index contributed by atoms with van der Waals surface area (Å²) in [4.78, 5) is 11.3. The fourth-order valence-electron chi connectivity index (χ4n) is 1.35. The third-order valence-electron chi connectivity index (χ3n) is 1.96. The zero-order valence-electron chi connectivity index (χ0n) is 6.96. The molecule has 1 aromatic rings. The summed E-state index contributed by atoms with van der Waals surface area (Å²) in [6.45, 7) is 1.90. The maximum atomic E-state index is 9.78. The lowest BCUT2D eigenvalue weighted by molar-refractivity contribution is -0.756. The number of aromatic nitrogens is 2. The Morgan fingerprint density at radius 3 is 3.08 bits per heavy atom. The van der Waals surface area contributed by atoms with Gasteiger partial charge in [0.15, 0.2) is 0 Å². The molecule has 0 atom stereocenters. The van der Waals surface area contributed by atoms with Gasteiger partial charge in [0.1, 0.15) is 5.88 Å². The monoisotopic (exact) mass is 183 g/mol. The van der Waals surface area contributed by atoms with E-state index >= 15 is 0 Å². The van der Waals surface area contributed by atoms with Gasteiger partial charge in [0.25, 0.3) is 6.20 Å². The van der Waals surface area contributed by atoms with Crippen LogP contribution in [0.25, 0.3) is 5.43 Å². The third kappa shape index (κ3) is 1.58. The lowest BCUT2D eigenvalue weighted by atomic mass is 10.4. The van der Waals surface area contributed by atoms with E-state index in [1.807, 2.05) is 5.01 Å². The molecule has 1 aliphatic heterocycles. The van der Waals surface area contributed by atoms with Crippen molar-refractivity contribution < 1.29 is 9.31 Å². The molecule has 0 aliphatic carbocycles. The number of nitroso groups, excluding NO2 is 1. The zero-order valence-corrected chi connectivity index (χ0v) is 6.96. The van der Waals surface area contributed by atoms with Crippen molar-refractivity contribution in [1.82, 2.24) is 5.27 Å². The number of hydrogen-bond donors (Lipinski definition) is 0. The molecule has 0 amide bonds. The van der Waals surface area contributed by atoms with Crippen LogP contribution in [0.1, 0.15) is 12.8 Å². The first-order chi connectivity index (χ1) is 6.40. The van der Waals surface area contributed by atoms with Gasteiger partial charge in [-0.15, -0.1) is 5.29 Å². The Morgan fingerprint density at radius 1 is 1.62 bits per heavy atom. The van der Waals surface area contributed by atoms with Gasteiger partial charge in [-0.3, -0.25) is 0 Å². The Kier molecular flexibility index (Phi) is 2.07. The molecular formula is C6H9N5O2. The maximum Gasteiger partial charge on any atom is 0.258 e. The first-order valence-corrected chi connectivity index (χ1v) is 4.07. The summed E-state index contributed by atoms with van der Waals surface area (Å²) in [5.74, 6) is 0.127. The van der Waals surface area contributed by atoms with Gasteiger partial charge in [0.05, 0.1) is 17.9 Å². The Morgan fingerprint density at radius 2 is 2.38 bits per heavy atom. The van der Waals surface area contributed by atoms with Crippen molar-refractivity contribution in [3.8, 4) is 0 Å². The molecule has 0 N–H and O–H groups in total. The molecule has 0 radical (unpaired) electrons. The molecule has 2 heterocycles. The normalized spacial score (nSPS) is 16.2. The fourth-order valence-corrected chi connectivity index (χ4v) is 1.35. The van der Waals surface area contributed by atoms with Gasteiger partial charge in [-0.05, 0) is 12.8 Å². The summed E-state index contributed by atoms with van der Waals surface area (Å²) in [6.07, 6.45) is 3.84. The highest BCUT2D eigenvalue weighted by Gasteiger charge is 2.21. The first kappa shape index (κ1) is 7.96. The van der Waals surface area contributed by atoms with Gasteiger partial charge in [-0.1, -0.05) is 0 Å². The molecule has 7 nitrogen and oxygen atoms in total. The molecule has 1 saturated heterocycles. The second-order valence-electron chi connectivity index (χ2n) is 2.80. The molecule has 0 aromatic carbocycles. The quantitative estimate of drug-likeness (QED) is 0.385. The third-order valence-corrected chi connectivity index (χ3v) is 1.96. The summed E-state index contributed by atoms with van der Waals surface area (Å²) < 4.78 is 4.73.